The van der Waals surface area contributed by atoms with E-state index in [1.807, 2.05) is 0 Å². The molecule has 8 nitrogen and oxygen atoms in total. The molecule has 0 aliphatic rings. The lowest BCUT2D eigenvalue weighted by molar-refractivity contribution is 0.340. The van der Waals surface area contributed by atoms with Crippen LogP contribution in [0.5, 0.6) is 5.75 Å². The summed E-state index contributed by atoms with van der Waals surface area (Å²) in [7, 11) is -9.84. The Morgan fingerprint density at radius 1 is 1.00 bits per heavy atom. The molecule has 1 rings (SSSR count). The van der Waals surface area contributed by atoms with Gasteiger partial charge in [0.2, 0.25) is 0 Å². The highest BCUT2D eigenvalue weighted by Crippen LogP contribution is 2.59. The maximum atomic E-state index is 11.0. The van der Waals surface area contributed by atoms with Crippen molar-refractivity contribution in [1.82, 2.24) is 0 Å². The quantitative estimate of drug-likeness (QED) is 0.340. The zero-order chi connectivity index (χ0) is 14.0. The molecule has 102 valence electrons. The first-order valence-corrected chi connectivity index (χ1v) is 8.10. The molecule has 0 fully saturated rings. The molecule has 10 heteroatoms. The van der Waals surface area contributed by atoms with Gasteiger partial charge < -0.3 is 30.0 Å². The third-order valence-corrected chi connectivity index (χ3v) is 5.86. The summed E-state index contributed by atoms with van der Waals surface area (Å²) in [6.45, 7) is -0.584. The summed E-state index contributed by atoms with van der Waals surface area (Å²) < 4.78 is 22.0. The number of nitrogens with one attached hydrogen (secondary N) is 1. The molecule has 0 amide bonds. The maximum Gasteiger partial charge on any atom is 0.342 e. The van der Waals surface area contributed by atoms with Gasteiger partial charge in [0.25, 0.3) is 0 Å². The van der Waals surface area contributed by atoms with E-state index in [4.69, 9.17) is 24.7 Å². The third-order valence-electron chi connectivity index (χ3n) is 2.13. The average Bonchev–Trinajstić information content (AvgIpc) is 2.17. The molecular formula is C8H13NO7P2. The van der Waals surface area contributed by atoms with Crippen LogP contribution in [0.25, 0.3) is 0 Å². The molecule has 18 heavy (non-hydrogen) atoms. The summed E-state index contributed by atoms with van der Waals surface area (Å²) in [5.74, 6) is 0.00192. The van der Waals surface area contributed by atoms with Crippen molar-refractivity contribution < 1.29 is 33.8 Å². The molecule has 0 atom stereocenters. The topological polar surface area (TPSA) is 147 Å². The zero-order valence-electron chi connectivity index (χ0n) is 9.04. The number of hydrogen-bond acceptors (Lipinski definition) is 4. The summed E-state index contributed by atoms with van der Waals surface area (Å²) in [6.07, 6.45) is 0. The predicted octanol–water partition coefficient (Wildman–Crippen LogP) is 0.486. The largest absolute Gasteiger partial charge is 0.508 e. The Bertz CT molecular complexity index is 469. The summed E-state index contributed by atoms with van der Waals surface area (Å²) in [6, 6.07) is 5.47. The second-order valence-corrected chi connectivity index (χ2v) is 7.60. The van der Waals surface area contributed by atoms with Gasteiger partial charge in [-0.2, -0.15) is 0 Å². The van der Waals surface area contributed by atoms with E-state index < -0.39 is 27.1 Å². The number of aromatic hydroxyl groups is 1. The van der Waals surface area contributed by atoms with Crippen LogP contribution in [0.15, 0.2) is 24.3 Å². The molecule has 0 spiro atoms. The second kappa shape index (κ2) is 5.40. The lowest BCUT2D eigenvalue weighted by Gasteiger charge is -2.20. The summed E-state index contributed by atoms with van der Waals surface area (Å²) >= 11 is 0. The van der Waals surface area contributed by atoms with Gasteiger partial charge in [-0.1, -0.05) is 0 Å². The van der Waals surface area contributed by atoms with Crippen molar-refractivity contribution in [3.8, 4) is 5.75 Å². The van der Waals surface area contributed by atoms with Gasteiger partial charge in [0.15, 0.2) is 5.40 Å². The van der Waals surface area contributed by atoms with Gasteiger partial charge in [-0.3, -0.25) is 9.13 Å². The minimum atomic E-state index is -4.92. The molecule has 0 unspecified atom stereocenters. The Balaban J connectivity index is 2.78. The monoisotopic (exact) mass is 297 g/mol. The Morgan fingerprint density at radius 3 is 1.83 bits per heavy atom. The van der Waals surface area contributed by atoms with E-state index >= 15 is 0 Å². The molecule has 0 aromatic heterocycles. The number of benzene rings is 1. The number of anilines is 1. The first-order chi connectivity index (χ1) is 8.10. The fourth-order valence-electron chi connectivity index (χ4n) is 1.22. The van der Waals surface area contributed by atoms with Crippen LogP contribution in [0.4, 0.5) is 5.69 Å². The van der Waals surface area contributed by atoms with Crippen molar-refractivity contribution >= 4 is 20.9 Å². The summed E-state index contributed by atoms with van der Waals surface area (Å²) in [5.41, 5.74) is 0.375. The zero-order valence-corrected chi connectivity index (χ0v) is 10.8. The van der Waals surface area contributed by atoms with E-state index in [0.717, 1.165) is 0 Å². The van der Waals surface area contributed by atoms with Crippen molar-refractivity contribution in [2.24, 2.45) is 0 Å². The molecule has 1 aromatic carbocycles. The fraction of sp³-hybridized carbons (Fsp3) is 0.250. The number of phenols is 1. The Morgan fingerprint density at radius 2 is 1.44 bits per heavy atom. The first-order valence-electron chi connectivity index (χ1n) is 4.74. The van der Waals surface area contributed by atoms with Crippen LogP contribution in [-0.4, -0.2) is 36.6 Å². The normalized spacial score (nSPS) is 12.7. The van der Waals surface area contributed by atoms with E-state index in [1.165, 1.54) is 24.3 Å². The molecular weight excluding hydrogens is 284 g/mol. The number of rotatable bonds is 5. The van der Waals surface area contributed by atoms with Gasteiger partial charge in [-0.25, -0.2) is 0 Å². The van der Waals surface area contributed by atoms with Gasteiger partial charge in [-0.05, 0) is 24.3 Å². The molecule has 0 aliphatic heterocycles. The van der Waals surface area contributed by atoms with Crippen molar-refractivity contribution in [2.45, 2.75) is 5.40 Å². The highest BCUT2D eigenvalue weighted by atomic mass is 31.2. The van der Waals surface area contributed by atoms with E-state index in [9.17, 15) is 9.13 Å². The van der Waals surface area contributed by atoms with E-state index in [2.05, 4.69) is 5.32 Å². The Labute approximate surface area is 103 Å². The lowest BCUT2D eigenvalue weighted by atomic mass is 10.3. The standard InChI is InChI=1S/C8H13NO7P2/c10-7-3-1-6(2-4-7)9-5-8(17(11,12)13)18(14,15)16/h1-4,8-10H,5H2,(H2,11,12,13)(H2,14,15,16). The molecule has 0 bridgehead atoms. The molecule has 0 saturated carbocycles. The SMILES string of the molecule is O=P(O)(O)C(CNc1ccc(O)cc1)P(=O)(O)O. The van der Waals surface area contributed by atoms with E-state index in [-0.39, 0.29) is 5.75 Å². The fourth-order valence-corrected chi connectivity index (χ4v) is 3.45. The lowest BCUT2D eigenvalue weighted by Crippen LogP contribution is -2.20. The number of hydrogen-bond donors (Lipinski definition) is 6. The van der Waals surface area contributed by atoms with Crippen molar-refractivity contribution in [2.75, 3.05) is 11.9 Å². The van der Waals surface area contributed by atoms with Gasteiger partial charge in [-0.15, -0.1) is 0 Å². The number of phenolic OH excluding ortho intramolecular Hbond substituents is 1. The molecule has 1 aromatic rings. The average molecular weight is 297 g/mol. The molecule has 0 aliphatic carbocycles. The van der Waals surface area contributed by atoms with E-state index in [0.29, 0.717) is 5.69 Å². The van der Waals surface area contributed by atoms with Crippen LogP contribution in [0.2, 0.25) is 0 Å². The summed E-state index contributed by atoms with van der Waals surface area (Å²) in [5, 5.41) is 9.41. The van der Waals surface area contributed by atoms with Gasteiger partial charge in [0, 0.05) is 12.2 Å². The smallest absolute Gasteiger partial charge is 0.342 e. The van der Waals surface area contributed by atoms with E-state index in [1.54, 1.807) is 0 Å². The molecule has 0 saturated heterocycles. The van der Waals surface area contributed by atoms with Crippen molar-refractivity contribution in [3.05, 3.63) is 24.3 Å². The molecule has 6 N–H and O–H groups in total. The van der Waals surface area contributed by atoms with Crippen molar-refractivity contribution in [1.29, 1.82) is 0 Å². The van der Waals surface area contributed by atoms with Gasteiger partial charge in [0.05, 0.1) is 0 Å². The van der Waals surface area contributed by atoms with Gasteiger partial charge >= 0.3 is 15.2 Å². The first kappa shape index (κ1) is 15.2. The highest BCUT2D eigenvalue weighted by Gasteiger charge is 2.43. The minimum Gasteiger partial charge on any atom is -0.508 e. The second-order valence-electron chi connectivity index (χ2n) is 3.59. The molecule has 0 heterocycles. The third kappa shape index (κ3) is 4.42. The van der Waals surface area contributed by atoms with Crippen LogP contribution >= 0.6 is 15.2 Å². The van der Waals surface area contributed by atoms with Crippen molar-refractivity contribution in [3.63, 3.8) is 0 Å². The Kier molecular flexibility index (Phi) is 4.55. The van der Waals surface area contributed by atoms with Crippen LogP contribution in [0.1, 0.15) is 0 Å². The van der Waals surface area contributed by atoms with Crippen LogP contribution < -0.4 is 5.32 Å². The minimum absolute atomic E-state index is 0.00192. The Hall–Kier alpha value is -0.880. The molecule has 0 radical (unpaired) electrons. The predicted molar refractivity (Wildman–Crippen MR) is 64.5 cm³/mol. The van der Waals surface area contributed by atoms with Crippen LogP contribution in [0, 0.1) is 0 Å². The summed E-state index contributed by atoms with van der Waals surface area (Å²) in [4.78, 5) is 35.5. The van der Waals surface area contributed by atoms with Crippen LogP contribution in [-0.2, 0) is 9.13 Å². The highest BCUT2D eigenvalue weighted by molar-refractivity contribution is 7.70. The van der Waals surface area contributed by atoms with Gasteiger partial charge in [0.1, 0.15) is 5.75 Å². The maximum absolute atomic E-state index is 11.0. The van der Waals surface area contributed by atoms with Crippen LogP contribution in [0.3, 0.4) is 0 Å².